The predicted octanol–water partition coefficient (Wildman–Crippen LogP) is 6.28. The summed E-state index contributed by atoms with van der Waals surface area (Å²) in [6.45, 7) is 4.25. The first kappa shape index (κ1) is 21.6. The highest BCUT2D eigenvalue weighted by Gasteiger charge is 2.34. The third kappa shape index (κ3) is 3.87. The van der Waals surface area contributed by atoms with Crippen LogP contribution in [0.15, 0.2) is 63.8 Å². The molecule has 3 heterocycles. The molecule has 2 aliphatic rings. The highest BCUT2D eigenvalue weighted by Crippen LogP contribution is 2.45. The van der Waals surface area contributed by atoms with E-state index in [1.807, 2.05) is 36.5 Å². The molecule has 34 heavy (non-hydrogen) atoms. The first-order chi connectivity index (χ1) is 16.7. The normalized spacial score (nSPS) is 18.0. The highest BCUT2D eigenvalue weighted by molar-refractivity contribution is 7.12. The number of fused-ring (bicyclic) bond motifs is 4. The second-order valence-corrected chi connectivity index (χ2v) is 10.4. The fourth-order valence-electron chi connectivity index (χ4n) is 5.68. The Kier molecular flexibility index (Phi) is 5.75. The van der Waals surface area contributed by atoms with E-state index in [4.69, 9.17) is 9.15 Å². The lowest BCUT2D eigenvalue weighted by atomic mass is 9.88. The minimum Gasteiger partial charge on any atom is -0.494 e. The van der Waals surface area contributed by atoms with Gasteiger partial charge in [0, 0.05) is 34.3 Å². The van der Waals surface area contributed by atoms with Crippen molar-refractivity contribution in [1.82, 2.24) is 4.90 Å². The van der Waals surface area contributed by atoms with Crippen LogP contribution in [-0.2, 0) is 25.8 Å². The van der Waals surface area contributed by atoms with Crippen LogP contribution in [0.4, 0.5) is 0 Å². The largest absolute Gasteiger partial charge is 0.494 e. The van der Waals surface area contributed by atoms with E-state index in [-0.39, 0.29) is 11.7 Å². The van der Waals surface area contributed by atoms with Gasteiger partial charge in [0.25, 0.3) is 0 Å². The Hall–Kier alpha value is -2.89. The van der Waals surface area contributed by atoms with Crippen LogP contribution in [0.3, 0.4) is 0 Å². The van der Waals surface area contributed by atoms with Crippen molar-refractivity contribution in [2.45, 2.75) is 51.6 Å². The minimum atomic E-state index is -0.299. The van der Waals surface area contributed by atoms with Crippen molar-refractivity contribution in [2.75, 3.05) is 13.2 Å². The molecule has 6 rings (SSSR count). The topological polar surface area (TPSA) is 42.7 Å². The van der Waals surface area contributed by atoms with E-state index in [0.29, 0.717) is 18.7 Å². The number of ether oxygens (including phenoxy) is 1. The van der Waals surface area contributed by atoms with Gasteiger partial charge in [0.2, 0.25) is 0 Å². The molecular formula is C29H29NO3S. The van der Waals surface area contributed by atoms with Crippen LogP contribution in [0.2, 0.25) is 0 Å². The van der Waals surface area contributed by atoms with Gasteiger partial charge >= 0.3 is 5.63 Å². The van der Waals surface area contributed by atoms with Gasteiger partial charge in [-0.05, 0) is 79.5 Å². The molecule has 1 atom stereocenters. The number of nitrogens with zero attached hydrogens (tertiary/aromatic N) is 1. The summed E-state index contributed by atoms with van der Waals surface area (Å²) < 4.78 is 11.3. The SMILES string of the molecule is CCOc1ccc2oc(=O)cc(CN3CCc4c(sc5c4CCCC5)C3c3ccccc3)c2c1. The Bertz CT molecular complexity index is 1390. The van der Waals surface area contributed by atoms with Gasteiger partial charge in [-0.15, -0.1) is 11.3 Å². The summed E-state index contributed by atoms with van der Waals surface area (Å²) in [7, 11) is 0. The second kappa shape index (κ2) is 9.05. The van der Waals surface area contributed by atoms with Crippen LogP contribution < -0.4 is 10.4 Å². The molecule has 0 spiro atoms. The molecule has 1 unspecified atom stereocenters. The van der Waals surface area contributed by atoms with Gasteiger partial charge in [0.15, 0.2) is 0 Å². The zero-order valence-electron chi connectivity index (χ0n) is 19.5. The average Bonchev–Trinajstić information content (AvgIpc) is 3.23. The summed E-state index contributed by atoms with van der Waals surface area (Å²) in [6.07, 6.45) is 6.14. The van der Waals surface area contributed by atoms with E-state index in [1.165, 1.54) is 36.1 Å². The Labute approximate surface area is 203 Å². The lowest BCUT2D eigenvalue weighted by Crippen LogP contribution is -2.35. The van der Waals surface area contributed by atoms with E-state index in [9.17, 15) is 4.79 Å². The average molecular weight is 472 g/mol. The maximum atomic E-state index is 12.4. The standard InChI is InChI=1S/C29H29NO3S/c1-2-32-21-12-13-25-24(17-21)20(16-27(31)33-25)18-30-15-14-23-22-10-6-7-11-26(22)34-29(23)28(30)19-8-4-3-5-9-19/h3-5,8-9,12-13,16-17,28H,2,6-7,10-11,14-15,18H2,1H3. The number of thiophene rings is 1. The molecule has 0 saturated heterocycles. The molecule has 174 valence electrons. The van der Waals surface area contributed by atoms with Crippen molar-refractivity contribution in [3.63, 3.8) is 0 Å². The van der Waals surface area contributed by atoms with Crippen LogP contribution >= 0.6 is 11.3 Å². The summed E-state index contributed by atoms with van der Waals surface area (Å²) in [5.41, 5.74) is 5.88. The number of aryl methyl sites for hydroxylation is 1. The molecule has 0 amide bonds. The molecule has 2 aromatic carbocycles. The Morgan fingerprint density at radius 1 is 1.03 bits per heavy atom. The Morgan fingerprint density at radius 3 is 2.74 bits per heavy atom. The molecule has 0 bridgehead atoms. The van der Waals surface area contributed by atoms with Crippen molar-refractivity contribution in [1.29, 1.82) is 0 Å². The van der Waals surface area contributed by atoms with Crippen LogP contribution in [0.1, 0.15) is 57.8 Å². The zero-order valence-corrected chi connectivity index (χ0v) is 20.3. The third-order valence-electron chi connectivity index (χ3n) is 7.17. The maximum absolute atomic E-state index is 12.4. The highest BCUT2D eigenvalue weighted by atomic mass is 32.1. The predicted molar refractivity (Wildman–Crippen MR) is 137 cm³/mol. The number of benzene rings is 2. The van der Waals surface area contributed by atoms with Crippen LogP contribution in [-0.4, -0.2) is 18.1 Å². The van der Waals surface area contributed by atoms with E-state index < -0.39 is 0 Å². The molecule has 0 radical (unpaired) electrons. The molecule has 2 aromatic heterocycles. The van der Waals surface area contributed by atoms with Gasteiger partial charge in [-0.3, -0.25) is 4.90 Å². The summed E-state index contributed by atoms with van der Waals surface area (Å²) in [5, 5.41) is 0.952. The van der Waals surface area contributed by atoms with Gasteiger partial charge in [0.05, 0.1) is 12.6 Å². The van der Waals surface area contributed by atoms with Crippen molar-refractivity contribution >= 4 is 22.3 Å². The molecule has 1 aliphatic carbocycles. The van der Waals surface area contributed by atoms with Crippen molar-refractivity contribution in [2.24, 2.45) is 0 Å². The molecule has 0 saturated carbocycles. The maximum Gasteiger partial charge on any atom is 0.336 e. The fourth-order valence-corrected chi connectivity index (χ4v) is 7.28. The van der Waals surface area contributed by atoms with E-state index in [1.54, 1.807) is 22.1 Å². The van der Waals surface area contributed by atoms with Crippen LogP contribution in [0.25, 0.3) is 11.0 Å². The molecule has 5 heteroatoms. The van der Waals surface area contributed by atoms with Gasteiger partial charge in [-0.1, -0.05) is 30.3 Å². The zero-order chi connectivity index (χ0) is 23.1. The summed E-state index contributed by atoms with van der Waals surface area (Å²) >= 11 is 2.03. The third-order valence-corrected chi connectivity index (χ3v) is 8.56. The number of rotatable bonds is 5. The number of hydrogen-bond acceptors (Lipinski definition) is 5. The van der Waals surface area contributed by atoms with Gasteiger partial charge in [0.1, 0.15) is 11.3 Å². The Morgan fingerprint density at radius 2 is 1.88 bits per heavy atom. The monoisotopic (exact) mass is 471 g/mol. The minimum absolute atomic E-state index is 0.206. The van der Waals surface area contributed by atoms with Gasteiger partial charge in [-0.25, -0.2) is 4.79 Å². The van der Waals surface area contributed by atoms with Gasteiger partial charge < -0.3 is 9.15 Å². The van der Waals surface area contributed by atoms with Crippen LogP contribution in [0.5, 0.6) is 5.75 Å². The van der Waals surface area contributed by atoms with Crippen molar-refractivity contribution in [3.8, 4) is 5.75 Å². The van der Waals surface area contributed by atoms with E-state index in [0.717, 1.165) is 29.7 Å². The summed E-state index contributed by atoms with van der Waals surface area (Å²) in [5.74, 6) is 0.802. The van der Waals surface area contributed by atoms with Gasteiger partial charge in [-0.2, -0.15) is 0 Å². The molecule has 4 aromatic rings. The molecule has 0 fully saturated rings. The van der Waals surface area contributed by atoms with Crippen molar-refractivity contribution in [3.05, 3.63) is 97.0 Å². The molecular weight excluding hydrogens is 442 g/mol. The summed E-state index contributed by atoms with van der Waals surface area (Å²) in [6, 6.07) is 18.4. The number of hydrogen-bond donors (Lipinski definition) is 0. The van der Waals surface area contributed by atoms with Crippen molar-refractivity contribution < 1.29 is 9.15 Å². The molecule has 1 aliphatic heterocycles. The lowest BCUT2D eigenvalue weighted by molar-refractivity contribution is 0.208. The first-order valence-electron chi connectivity index (χ1n) is 12.3. The van der Waals surface area contributed by atoms with E-state index >= 15 is 0 Å². The smallest absolute Gasteiger partial charge is 0.336 e. The van der Waals surface area contributed by atoms with E-state index in [2.05, 4.69) is 35.2 Å². The van der Waals surface area contributed by atoms with Crippen LogP contribution in [0, 0.1) is 0 Å². The first-order valence-corrected chi connectivity index (χ1v) is 13.1. The summed E-state index contributed by atoms with van der Waals surface area (Å²) in [4.78, 5) is 18.1. The fraction of sp³-hybridized carbons (Fsp3) is 0.345. The molecule has 0 N–H and O–H groups in total. The molecule has 4 nitrogen and oxygen atoms in total. The quantitative estimate of drug-likeness (QED) is 0.321. The lowest BCUT2D eigenvalue weighted by Gasteiger charge is -2.36. The second-order valence-electron chi connectivity index (χ2n) is 9.27. The Balaban J connectivity index is 1.44.